The second kappa shape index (κ2) is 9.17. The van der Waals surface area contributed by atoms with Crippen molar-refractivity contribution < 1.29 is 34.2 Å². The largest absolute Gasteiger partial charge is 0.507 e. The molecule has 40 heavy (non-hydrogen) atoms. The molecule has 0 saturated heterocycles. The van der Waals surface area contributed by atoms with Gasteiger partial charge in [0.05, 0.1) is 17.5 Å². The van der Waals surface area contributed by atoms with Gasteiger partial charge in [0.25, 0.3) is 0 Å². The summed E-state index contributed by atoms with van der Waals surface area (Å²) < 4.78 is 0. The molecule has 9 nitrogen and oxygen atoms in total. The highest BCUT2D eigenvalue weighted by Crippen LogP contribution is 2.51. The molecule has 3 aliphatic rings. The summed E-state index contributed by atoms with van der Waals surface area (Å²) in [7, 11) is 3.12. The first-order valence-electron chi connectivity index (χ1n) is 13.4. The lowest BCUT2D eigenvalue weighted by atomic mass is 9.52. The number of ketones is 4. The van der Waals surface area contributed by atoms with Gasteiger partial charge in [0.1, 0.15) is 5.75 Å². The van der Waals surface area contributed by atoms with Gasteiger partial charge in [-0.05, 0) is 66.6 Å². The van der Waals surface area contributed by atoms with Crippen molar-refractivity contribution in [1.82, 2.24) is 4.90 Å². The second-order valence-electron chi connectivity index (χ2n) is 12.6. The first kappa shape index (κ1) is 27.9. The molecule has 210 valence electrons. The third-order valence-electron chi connectivity index (χ3n) is 9.01. The zero-order valence-corrected chi connectivity index (χ0v) is 23.2. The third-order valence-corrected chi connectivity index (χ3v) is 9.01. The van der Waals surface area contributed by atoms with Crippen LogP contribution in [0.1, 0.15) is 48.7 Å². The van der Waals surface area contributed by atoms with Gasteiger partial charge in [0.2, 0.25) is 5.91 Å². The fraction of sp³-hybridized carbons (Fsp3) is 0.452. The van der Waals surface area contributed by atoms with Crippen molar-refractivity contribution in [2.75, 3.05) is 14.1 Å². The molecule has 9 heteroatoms. The molecule has 5 rings (SSSR count). The summed E-state index contributed by atoms with van der Waals surface area (Å²) >= 11 is 0. The maximum atomic E-state index is 13.9. The van der Waals surface area contributed by atoms with E-state index in [-0.39, 0.29) is 29.6 Å². The monoisotopic (exact) mass is 546 g/mol. The van der Waals surface area contributed by atoms with Crippen LogP contribution in [0.3, 0.4) is 0 Å². The molecule has 4 N–H and O–H groups in total. The molecule has 0 heterocycles. The molecule has 2 fully saturated rings. The van der Waals surface area contributed by atoms with E-state index >= 15 is 0 Å². The number of hydrogen-bond acceptors (Lipinski definition) is 8. The molecule has 0 spiro atoms. The molecule has 2 saturated carbocycles. The number of aliphatic hydroxyl groups is 1. The molecule has 0 aliphatic heterocycles. The second-order valence-corrected chi connectivity index (χ2v) is 12.6. The number of amides is 1. The van der Waals surface area contributed by atoms with Gasteiger partial charge in [-0.2, -0.15) is 0 Å². The summed E-state index contributed by atoms with van der Waals surface area (Å²) in [4.78, 5) is 68.0. The Hall–Kier alpha value is -3.69. The summed E-state index contributed by atoms with van der Waals surface area (Å²) in [6, 6.07) is 9.96. The van der Waals surface area contributed by atoms with Gasteiger partial charge in [0.15, 0.2) is 34.7 Å². The lowest BCUT2D eigenvalue weighted by molar-refractivity contribution is -0.181. The minimum absolute atomic E-state index is 0.0102. The molecule has 0 bridgehead atoms. The van der Waals surface area contributed by atoms with Crippen LogP contribution in [0.5, 0.6) is 5.75 Å². The predicted molar refractivity (Wildman–Crippen MR) is 145 cm³/mol. The number of aromatic hydroxyl groups is 1. The van der Waals surface area contributed by atoms with Crippen LogP contribution in [0, 0.1) is 23.7 Å². The normalized spacial score (nSPS) is 30.1. The zero-order chi connectivity index (χ0) is 29.5. The van der Waals surface area contributed by atoms with E-state index in [4.69, 9.17) is 5.73 Å². The van der Waals surface area contributed by atoms with E-state index in [0.29, 0.717) is 5.56 Å². The molecule has 3 aliphatic carbocycles. The minimum Gasteiger partial charge on any atom is -0.507 e. The Morgan fingerprint density at radius 1 is 1.00 bits per heavy atom. The number of benzene rings is 2. The molecule has 2 aromatic carbocycles. The van der Waals surface area contributed by atoms with Gasteiger partial charge in [-0.25, -0.2) is 0 Å². The van der Waals surface area contributed by atoms with Gasteiger partial charge in [-0.15, -0.1) is 0 Å². The Morgan fingerprint density at radius 3 is 2.17 bits per heavy atom. The fourth-order valence-corrected chi connectivity index (χ4v) is 7.02. The van der Waals surface area contributed by atoms with E-state index in [1.54, 1.807) is 20.2 Å². The van der Waals surface area contributed by atoms with Crippen LogP contribution in [-0.2, 0) is 31.0 Å². The first-order valence-corrected chi connectivity index (χ1v) is 13.4. The Labute approximate surface area is 232 Å². The Morgan fingerprint density at radius 2 is 1.62 bits per heavy atom. The highest BCUT2D eigenvalue weighted by atomic mass is 16.3. The number of likely N-dealkylation sites (N-methyl/N-ethyl adjacent to an activating group) is 1. The SMILES string of the molecule is CN(C)C1C(=O)C(C(N)=O)C(=O)[C@@]2(O)C(=O)C3C(=O)c4c(O)ccc(-c5ccc(C(C)(C)C)cc5)c4C[C@H]3C[C@@H]12. The average molecular weight is 547 g/mol. The minimum atomic E-state index is -2.73. The molecule has 2 aromatic rings. The van der Waals surface area contributed by atoms with Gasteiger partial charge in [-0.1, -0.05) is 51.1 Å². The van der Waals surface area contributed by atoms with Gasteiger partial charge < -0.3 is 15.9 Å². The van der Waals surface area contributed by atoms with E-state index in [9.17, 15) is 34.2 Å². The molecule has 6 atom stereocenters. The van der Waals surface area contributed by atoms with Crippen molar-refractivity contribution in [2.24, 2.45) is 29.4 Å². The number of phenols is 1. The maximum absolute atomic E-state index is 13.9. The number of carbonyl (C=O) groups excluding carboxylic acids is 5. The molecule has 1 amide bonds. The molecular weight excluding hydrogens is 512 g/mol. The van der Waals surface area contributed by atoms with E-state index in [1.807, 2.05) is 24.3 Å². The number of carbonyl (C=O) groups is 5. The van der Waals surface area contributed by atoms with Crippen molar-refractivity contribution in [3.8, 4) is 16.9 Å². The summed E-state index contributed by atoms with van der Waals surface area (Å²) in [6.45, 7) is 6.33. The number of fused-ring (bicyclic) bond motifs is 3. The number of hydrogen-bond donors (Lipinski definition) is 3. The lowest BCUT2D eigenvalue weighted by Crippen LogP contribution is -2.74. The van der Waals surface area contributed by atoms with E-state index in [0.717, 1.165) is 16.7 Å². The van der Waals surface area contributed by atoms with Crippen LogP contribution >= 0.6 is 0 Å². The number of primary amides is 1. The molecule has 0 radical (unpaired) electrons. The van der Waals surface area contributed by atoms with Crippen molar-refractivity contribution in [1.29, 1.82) is 0 Å². The van der Waals surface area contributed by atoms with Gasteiger partial charge in [-0.3, -0.25) is 28.9 Å². The van der Waals surface area contributed by atoms with Crippen LogP contribution in [0.4, 0.5) is 0 Å². The van der Waals surface area contributed by atoms with Gasteiger partial charge >= 0.3 is 0 Å². The lowest BCUT2D eigenvalue weighted by Gasteiger charge is -2.52. The summed E-state index contributed by atoms with van der Waals surface area (Å²) in [5.41, 5.74) is 5.86. The Bertz CT molecular complexity index is 1470. The topological polar surface area (TPSA) is 155 Å². The van der Waals surface area contributed by atoms with Crippen LogP contribution < -0.4 is 5.73 Å². The molecule has 0 aromatic heterocycles. The van der Waals surface area contributed by atoms with Crippen molar-refractivity contribution in [3.05, 3.63) is 53.1 Å². The van der Waals surface area contributed by atoms with Crippen LogP contribution in [0.15, 0.2) is 36.4 Å². The van der Waals surface area contributed by atoms with Crippen molar-refractivity contribution in [3.63, 3.8) is 0 Å². The highest BCUT2D eigenvalue weighted by Gasteiger charge is 2.69. The summed E-state index contributed by atoms with van der Waals surface area (Å²) in [5.74, 6) is -10.5. The van der Waals surface area contributed by atoms with Crippen LogP contribution in [0.25, 0.3) is 11.1 Å². The first-order chi connectivity index (χ1) is 18.6. The quantitative estimate of drug-likeness (QED) is 0.493. The standard InChI is InChI=1S/C31H34N2O7/c1-30(2,3)16-8-6-14(7-9-16)17-10-11-20(34)22-18(17)12-15-13-19-24(33(4)5)26(36)23(29(32)39)28(38)31(19,40)27(37)21(15)25(22)35/h6-11,15,19,21,23-24,34,40H,12-13H2,1-5H3,(H2,32,39)/t15-,19-,21?,23?,24?,31-/m0/s1. The van der Waals surface area contributed by atoms with E-state index in [2.05, 4.69) is 20.8 Å². The smallest absolute Gasteiger partial charge is 0.235 e. The number of nitrogens with zero attached hydrogens (tertiary/aromatic N) is 1. The van der Waals surface area contributed by atoms with E-state index < -0.39 is 64.4 Å². The molecule has 3 unspecified atom stereocenters. The fourth-order valence-electron chi connectivity index (χ4n) is 7.02. The maximum Gasteiger partial charge on any atom is 0.235 e. The van der Waals surface area contributed by atoms with Crippen molar-refractivity contribution >= 4 is 29.0 Å². The number of phenolic OH excluding ortho intramolecular Hbond substituents is 1. The van der Waals surface area contributed by atoms with Gasteiger partial charge in [0, 0.05) is 5.92 Å². The number of Topliss-reactive ketones (excluding diaryl/α,β-unsaturated/α-hetero) is 4. The Balaban J connectivity index is 1.63. The highest BCUT2D eigenvalue weighted by molar-refractivity contribution is 6.32. The summed E-state index contributed by atoms with van der Waals surface area (Å²) in [6.07, 6.45) is 0.235. The van der Waals surface area contributed by atoms with Crippen LogP contribution in [0.2, 0.25) is 0 Å². The zero-order valence-electron chi connectivity index (χ0n) is 23.2. The third kappa shape index (κ3) is 3.86. The summed E-state index contributed by atoms with van der Waals surface area (Å²) in [5, 5.41) is 22.4. The van der Waals surface area contributed by atoms with Crippen molar-refractivity contribution in [2.45, 2.75) is 50.7 Å². The van der Waals surface area contributed by atoms with E-state index in [1.165, 1.54) is 11.0 Å². The Kier molecular flexibility index (Phi) is 6.39. The predicted octanol–water partition coefficient (Wildman–Crippen LogP) is 1.83. The molecular formula is C31H34N2O7. The number of rotatable bonds is 3. The van der Waals surface area contributed by atoms with Crippen LogP contribution in [-0.4, -0.2) is 69.9 Å². The average Bonchev–Trinajstić information content (AvgIpc) is 2.85. The number of nitrogens with two attached hydrogens (primary N) is 1.